The van der Waals surface area contributed by atoms with Crippen molar-refractivity contribution in [3.8, 4) is 0 Å². The van der Waals surface area contributed by atoms with E-state index in [0.29, 0.717) is 0 Å². The van der Waals surface area contributed by atoms with E-state index in [1.54, 1.807) is 0 Å². The highest BCUT2D eigenvalue weighted by molar-refractivity contribution is 5.17. The third kappa shape index (κ3) is 3.60. The lowest BCUT2D eigenvalue weighted by molar-refractivity contribution is 0.280. The van der Waals surface area contributed by atoms with Crippen molar-refractivity contribution in [2.75, 3.05) is 6.61 Å². The van der Waals surface area contributed by atoms with E-state index < -0.39 is 0 Å². The first-order valence-electron chi connectivity index (χ1n) is 4.63. The Balaban J connectivity index is 2.58. The zero-order valence-corrected chi connectivity index (χ0v) is 8.33. The Bertz CT molecular complexity index is 239. The molecule has 71 valence electrons. The van der Waals surface area contributed by atoms with Crippen molar-refractivity contribution < 1.29 is 5.11 Å². The Morgan fingerprint density at radius 1 is 1.23 bits per heavy atom. The largest absolute Gasteiger partial charge is 0.396 e. The Morgan fingerprint density at radius 3 is 2.38 bits per heavy atom. The Labute approximate surface area is 80.4 Å². The molecule has 0 aliphatic rings. The van der Waals surface area contributed by atoms with Crippen LogP contribution in [0.25, 0.3) is 0 Å². The third-order valence-corrected chi connectivity index (χ3v) is 2.15. The van der Waals surface area contributed by atoms with Gasteiger partial charge in [0.05, 0.1) is 0 Å². The molecule has 0 saturated heterocycles. The molecule has 0 aliphatic carbocycles. The molecule has 0 unspecified atom stereocenters. The van der Waals surface area contributed by atoms with Gasteiger partial charge in [0, 0.05) is 6.61 Å². The van der Waals surface area contributed by atoms with E-state index >= 15 is 0 Å². The fourth-order valence-electron chi connectivity index (χ4n) is 1.44. The van der Waals surface area contributed by atoms with Gasteiger partial charge in [-0.2, -0.15) is 0 Å². The summed E-state index contributed by atoms with van der Waals surface area (Å²) in [4.78, 5) is 0. The molecule has 1 aromatic carbocycles. The molecule has 0 aromatic heterocycles. The smallest absolute Gasteiger partial charge is 0.0468 e. The normalized spacial score (nSPS) is 11.6. The zero-order chi connectivity index (χ0) is 9.73. The summed E-state index contributed by atoms with van der Waals surface area (Å²) in [7, 11) is 0. The van der Waals surface area contributed by atoms with E-state index in [-0.39, 0.29) is 12.0 Å². The molecular weight excluding hydrogens is 160 g/mol. The molecule has 13 heavy (non-hydrogen) atoms. The molecule has 0 fully saturated rings. The summed E-state index contributed by atoms with van der Waals surface area (Å²) in [5.41, 5.74) is 1.40. The number of aliphatic hydroxyl groups is 1. The van der Waals surface area contributed by atoms with E-state index in [9.17, 15) is 0 Å². The minimum Gasteiger partial charge on any atom is -0.396 e. The molecule has 1 radical (unpaired) electrons. The van der Waals surface area contributed by atoms with Crippen LogP contribution in [0.4, 0.5) is 0 Å². The molecule has 0 spiro atoms. The van der Waals surface area contributed by atoms with E-state index in [2.05, 4.69) is 26.0 Å². The van der Waals surface area contributed by atoms with Crippen LogP contribution in [0.3, 0.4) is 0 Å². The molecule has 0 aliphatic heterocycles. The van der Waals surface area contributed by atoms with Crippen LogP contribution in [0.15, 0.2) is 30.3 Å². The summed E-state index contributed by atoms with van der Waals surface area (Å²) in [6.45, 7) is 4.42. The highest BCUT2D eigenvalue weighted by Crippen LogP contribution is 2.24. The van der Waals surface area contributed by atoms with Crippen molar-refractivity contribution in [3.63, 3.8) is 0 Å². The second-order valence-electron chi connectivity index (χ2n) is 4.04. The molecular formula is C12H17O. The van der Waals surface area contributed by atoms with Crippen LogP contribution in [-0.2, 0) is 6.42 Å². The molecule has 1 nitrogen and oxygen atoms in total. The first-order chi connectivity index (χ1) is 6.14. The Hall–Kier alpha value is -0.820. The minimum atomic E-state index is 0.0795. The summed E-state index contributed by atoms with van der Waals surface area (Å²) in [6, 6.07) is 10.3. The van der Waals surface area contributed by atoms with E-state index in [4.69, 9.17) is 5.11 Å². The first kappa shape index (κ1) is 10.3. The van der Waals surface area contributed by atoms with Crippen molar-refractivity contribution in [2.45, 2.75) is 20.3 Å². The van der Waals surface area contributed by atoms with Gasteiger partial charge in [-0.05, 0) is 23.8 Å². The highest BCUT2D eigenvalue weighted by Gasteiger charge is 2.17. The molecule has 1 rings (SSSR count). The topological polar surface area (TPSA) is 20.2 Å². The van der Waals surface area contributed by atoms with Gasteiger partial charge in [0.15, 0.2) is 0 Å². The number of aliphatic hydroxyl groups excluding tert-OH is 1. The zero-order valence-electron chi connectivity index (χ0n) is 8.33. The van der Waals surface area contributed by atoms with Gasteiger partial charge in [0.1, 0.15) is 0 Å². The molecule has 1 heteroatoms. The maximum Gasteiger partial charge on any atom is 0.0468 e. The molecule has 0 bridgehead atoms. The predicted molar refractivity (Wildman–Crippen MR) is 55.3 cm³/mol. The number of benzene rings is 1. The maximum absolute atomic E-state index is 8.82. The van der Waals surface area contributed by atoms with E-state index in [1.807, 2.05) is 24.6 Å². The average Bonchev–Trinajstić information content (AvgIpc) is 2.04. The lowest BCUT2D eigenvalue weighted by Crippen LogP contribution is -2.17. The van der Waals surface area contributed by atoms with Crippen LogP contribution < -0.4 is 0 Å². The van der Waals surface area contributed by atoms with Crippen LogP contribution in [0.1, 0.15) is 19.4 Å². The van der Waals surface area contributed by atoms with Gasteiger partial charge in [0.2, 0.25) is 0 Å². The van der Waals surface area contributed by atoms with Crippen molar-refractivity contribution in [1.29, 1.82) is 0 Å². The summed E-state index contributed by atoms with van der Waals surface area (Å²) < 4.78 is 0. The van der Waals surface area contributed by atoms with Crippen molar-refractivity contribution in [2.24, 2.45) is 5.41 Å². The van der Waals surface area contributed by atoms with E-state index in [0.717, 1.165) is 6.42 Å². The third-order valence-electron chi connectivity index (χ3n) is 2.15. The molecule has 0 saturated carbocycles. The molecule has 0 heterocycles. The summed E-state index contributed by atoms with van der Waals surface area (Å²) in [5.74, 6) is 0. The second-order valence-corrected chi connectivity index (χ2v) is 4.04. The molecule has 0 amide bonds. The predicted octanol–water partition coefficient (Wildman–Crippen LogP) is 2.45. The summed E-state index contributed by atoms with van der Waals surface area (Å²) in [6.07, 6.45) is 2.92. The van der Waals surface area contributed by atoms with Gasteiger partial charge in [-0.25, -0.2) is 0 Å². The lowest BCUT2D eigenvalue weighted by atomic mass is 9.83. The van der Waals surface area contributed by atoms with E-state index in [1.165, 1.54) is 5.56 Å². The lowest BCUT2D eigenvalue weighted by Gasteiger charge is -2.23. The van der Waals surface area contributed by atoms with Gasteiger partial charge >= 0.3 is 0 Å². The highest BCUT2D eigenvalue weighted by atomic mass is 16.3. The number of rotatable bonds is 4. The summed E-state index contributed by atoms with van der Waals surface area (Å²) in [5, 5.41) is 8.82. The molecule has 1 aromatic rings. The average molecular weight is 177 g/mol. The Morgan fingerprint density at radius 2 is 1.85 bits per heavy atom. The number of hydrogen-bond acceptors (Lipinski definition) is 1. The monoisotopic (exact) mass is 177 g/mol. The fraction of sp³-hybridized carbons (Fsp3) is 0.417. The molecule has 0 atom stereocenters. The van der Waals surface area contributed by atoms with Gasteiger partial charge in [-0.1, -0.05) is 44.2 Å². The number of hydrogen-bond donors (Lipinski definition) is 1. The van der Waals surface area contributed by atoms with Crippen molar-refractivity contribution in [1.82, 2.24) is 0 Å². The maximum atomic E-state index is 8.82. The van der Waals surface area contributed by atoms with Crippen LogP contribution in [0.5, 0.6) is 0 Å². The first-order valence-corrected chi connectivity index (χ1v) is 4.63. The van der Waals surface area contributed by atoms with Crippen LogP contribution in [0, 0.1) is 11.8 Å². The quantitative estimate of drug-likeness (QED) is 0.749. The van der Waals surface area contributed by atoms with Gasteiger partial charge < -0.3 is 5.11 Å². The fourth-order valence-corrected chi connectivity index (χ4v) is 1.44. The van der Waals surface area contributed by atoms with Gasteiger partial charge in [0.25, 0.3) is 0 Å². The standard InChI is InChI=1S/C12H17O/c1-12(2,8-9-13)10-11-6-4-3-5-7-11/h3-8,13H,9-10H2,1-2H3. The van der Waals surface area contributed by atoms with Crippen LogP contribution >= 0.6 is 0 Å². The van der Waals surface area contributed by atoms with Crippen molar-refractivity contribution >= 4 is 0 Å². The minimum absolute atomic E-state index is 0.0795. The van der Waals surface area contributed by atoms with Crippen LogP contribution in [-0.4, -0.2) is 11.7 Å². The molecule has 1 N–H and O–H groups in total. The van der Waals surface area contributed by atoms with Gasteiger partial charge in [-0.3, -0.25) is 0 Å². The van der Waals surface area contributed by atoms with Crippen molar-refractivity contribution in [3.05, 3.63) is 42.3 Å². The SMILES string of the molecule is CC(C)([CH]CO)Cc1ccccc1. The second kappa shape index (κ2) is 4.43. The summed E-state index contributed by atoms with van der Waals surface area (Å²) >= 11 is 0. The Kier molecular flexibility index (Phi) is 3.49. The van der Waals surface area contributed by atoms with Crippen LogP contribution in [0.2, 0.25) is 0 Å². The van der Waals surface area contributed by atoms with Gasteiger partial charge in [-0.15, -0.1) is 0 Å².